The van der Waals surface area contributed by atoms with E-state index in [1.54, 1.807) is 0 Å². The van der Waals surface area contributed by atoms with E-state index < -0.39 is 152 Å². The number of aliphatic hydroxyl groups excluding tert-OH is 6. The zero-order chi connectivity index (χ0) is 51.0. The van der Waals surface area contributed by atoms with Crippen molar-refractivity contribution in [3.8, 4) is 0 Å². The molecular weight excluding hydrogens is 961 g/mol. The Balaban J connectivity index is 6.29. The molecule has 0 amide bonds. The topological polar surface area (TPSA) is 348 Å². The minimum Gasteiger partial charge on any atom is -0.523 e. The average Bonchev–Trinajstić information content (AvgIpc) is 3.26. The fraction of sp³-hybridized carbons (Fsp3) is 1.00. The van der Waals surface area contributed by atoms with Crippen LogP contribution in [0.2, 0.25) is 6.04 Å². The maximum Gasteiger partial charge on any atom is 0.281 e. The highest BCUT2D eigenvalue weighted by Crippen LogP contribution is 2.26. The molecule has 0 aliphatic carbocycles. The maximum atomic E-state index is 11.5. The molecule has 0 fully saturated rings. The molecule has 405 valence electrons. The Hall–Kier alpha value is -0.573. The Morgan fingerprint density at radius 3 is 0.940 bits per heavy atom. The molecular formula is C41H91N4O18S3Si. The molecule has 0 atom stereocenters. The summed E-state index contributed by atoms with van der Waals surface area (Å²) in [7, 11) is -13.8. The molecule has 0 aromatic rings. The molecule has 0 bridgehead atoms. The molecule has 0 spiro atoms. The fourth-order valence-corrected chi connectivity index (χ4v) is 11.1. The van der Waals surface area contributed by atoms with Crippen molar-refractivity contribution in [1.82, 2.24) is 16.0 Å². The monoisotopic (exact) mass is 1050 g/mol. The summed E-state index contributed by atoms with van der Waals surface area (Å²) in [5.41, 5.74) is -5.35. The molecule has 0 saturated heterocycles. The molecule has 0 unspecified atom stereocenters. The van der Waals surface area contributed by atoms with Gasteiger partial charge in [-0.15, -0.1) is 0 Å². The normalized spacial score (nSPS) is 13.8. The first kappa shape index (κ1) is 66.4. The van der Waals surface area contributed by atoms with Crippen molar-refractivity contribution >= 4 is 39.2 Å². The standard InChI is InChI=1S/C41H90N4O18S3Si/c1-4-5-6-7-8-9-10-11-12-13-14-15-16-17-18-19-24-45(2,3)25-20-29-67(61-36-39(30-46,31-47)42-21-26-64(52,53)54,62-37-40(32-48,33-49)43-22-27-65(55,56)57)63-38-41(34-50,35-51)44-23-28-66(58,59)60/h42-44,46-51H,4-38H2,1-3H3,(H2-,52,53,54,55,56,57,58,59,60)/q-1/p+1. The van der Waals surface area contributed by atoms with E-state index >= 15 is 0 Å². The van der Waals surface area contributed by atoms with E-state index in [0.29, 0.717) is 17.4 Å². The van der Waals surface area contributed by atoms with Crippen molar-refractivity contribution in [2.24, 2.45) is 0 Å². The molecule has 0 saturated carbocycles. The minimum atomic E-state index is -4.47. The van der Waals surface area contributed by atoms with Gasteiger partial charge in [-0.25, -0.2) is 0 Å². The van der Waals surface area contributed by atoms with Gasteiger partial charge in [0, 0.05) is 39.5 Å². The summed E-state index contributed by atoms with van der Waals surface area (Å²) in [6.07, 6.45) is 20.2. The van der Waals surface area contributed by atoms with Crippen LogP contribution < -0.4 is 16.0 Å². The van der Waals surface area contributed by atoms with E-state index in [0.717, 1.165) is 25.8 Å². The summed E-state index contributed by atoms with van der Waals surface area (Å²) in [5.74, 6) is -2.40. The lowest BCUT2D eigenvalue weighted by atomic mass is 10.0. The molecule has 0 aromatic carbocycles. The number of hydrogen-bond donors (Lipinski definition) is 12. The number of hydrogen-bond acceptors (Lipinski definition) is 18. The highest BCUT2D eigenvalue weighted by atomic mass is 32.2. The average molecular weight is 1050 g/mol. The molecule has 0 radical (unpaired) electrons. The minimum absolute atomic E-state index is 0.0541. The van der Waals surface area contributed by atoms with Crippen molar-refractivity contribution in [2.45, 2.75) is 139 Å². The molecule has 0 aliphatic rings. The second-order valence-corrected chi connectivity index (χ2v) is 26.2. The zero-order valence-corrected chi connectivity index (χ0v) is 44.1. The van der Waals surface area contributed by atoms with Crippen LogP contribution in [0.1, 0.15) is 116 Å². The molecule has 0 aromatic heterocycles. The first-order chi connectivity index (χ1) is 31.4. The maximum absolute atomic E-state index is 11.5. The second kappa shape index (κ2) is 34.7. The molecule has 67 heavy (non-hydrogen) atoms. The highest BCUT2D eigenvalue weighted by Gasteiger charge is 2.40. The van der Waals surface area contributed by atoms with E-state index in [1.807, 2.05) is 14.1 Å². The molecule has 0 rings (SSSR count). The third-order valence-electron chi connectivity index (χ3n) is 12.0. The third kappa shape index (κ3) is 32.9. The van der Waals surface area contributed by atoms with Gasteiger partial charge in [-0.3, -0.25) is 13.7 Å². The Morgan fingerprint density at radius 2 is 0.687 bits per heavy atom. The van der Waals surface area contributed by atoms with Gasteiger partial charge in [-0.05, 0) is 19.3 Å². The van der Waals surface area contributed by atoms with Gasteiger partial charge >= 0.3 is 0 Å². The molecule has 22 nitrogen and oxygen atoms in total. The van der Waals surface area contributed by atoms with E-state index in [4.69, 9.17) is 13.3 Å². The van der Waals surface area contributed by atoms with E-state index in [9.17, 15) is 69.6 Å². The largest absolute Gasteiger partial charge is 0.523 e. The van der Waals surface area contributed by atoms with Gasteiger partial charge in [0.25, 0.3) is 39.2 Å². The first-order valence-corrected chi connectivity index (χ1v) is 30.6. The van der Waals surface area contributed by atoms with Crippen molar-refractivity contribution in [2.75, 3.05) is 124 Å². The Bertz CT molecular complexity index is 1450. The van der Waals surface area contributed by atoms with Gasteiger partial charge in [0.1, 0.15) is 0 Å². The molecule has 26 heteroatoms. The quantitative estimate of drug-likeness (QED) is 0.0169. The van der Waals surface area contributed by atoms with Crippen molar-refractivity contribution < 1.29 is 87.3 Å². The van der Waals surface area contributed by atoms with E-state index in [-0.39, 0.29) is 6.04 Å². The van der Waals surface area contributed by atoms with E-state index in [1.165, 1.54) is 83.5 Å². The van der Waals surface area contributed by atoms with Gasteiger partial charge in [-0.2, -0.15) is 25.3 Å². The van der Waals surface area contributed by atoms with Gasteiger partial charge in [0.15, 0.2) is 0 Å². The Labute approximate surface area is 403 Å². The van der Waals surface area contributed by atoms with Crippen molar-refractivity contribution in [3.05, 3.63) is 0 Å². The smallest absolute Gasteiger partial charge is 0.281 e. The Kier molecular flexibility index (Phi) is 34.4. The SMILES string of the molecule is CCCCCCCCCCCCCCCCCC[N+](C)(C)CCC[Si-](OCC(CO)(CO)NCCS(=O)(=O)O)(OCC(CO)(CO)NCCS(=O)(=O)O)OCC(CO)(CO)NCCS(=O)(=O)O. The zero-order valence-electron chi connectivity index (χ0n) is 40.6. The number of aliphatic hydroxyl groups is 6. The molecule has 0 heterocycles. The van der Waals surface area contributed by atoms with Crippen molar-refractivity contribution in [1.29, 1.82) is 0 Å². The lowest BCUT2D eigenvalue weighted by Gasteiger charge is -2.50. The predicted molar refractivity (Wildman–Crippen MR) is 258 cm³/mol. The first-order valence-electron chi connectivity index (χ1n) is 23.9. The molecule has 0 aliphatic heterocycles. The van der Waals surface area contributed by atoms with Crippen LogP contribution in [0, 0.1) is 0 Å². The number of nitrogens with one attached hydrogen (secondary N) is 3. The lowest BCUT2D eigenvalue weighted by molar-refractivity contribution is -0.890. The number of quaternary nitrogens is 1. The van der Waals surface area contributed by atoms with Crippen LogP contribution >= 0.6 is 0 Å². The lowest BCUT2D eigenvalue weighted by Crippen LogP contribution is -2.64. The summed E-state index contributed by atoms with van der Waals surface area (Å²) in [4.78, 5) is 0. The Morgan fingerprint density at radius 1 is 0.433 bits per heavy atom. The van der Waals surface area contributed by atoms with Crippen LogP contribution in [0.15, 0.2) is 0 Å². The second-order valence-electron chi connectivity index (χ2n) is 18.8. The summed E-state index contributed by atoms with van der Waals surface area (Å²) in [6.45, 7) is -4.74. The molecule has 12 N–H and O–H groups in total. The fourth-order valence-electron chi connectivity index (χ4n) is 7.26. The van der Waals surface area contributed by atoms with Crippen LogP contribution in [0.5, 0.6) is 0 Å². The van der Waals surface area contributed by atoms with Gasteiger partial charge in [0.2, 0.25) is 0 Å². The van der Waals surface area contributed by atoms with Gasteiger partial charge in [-0.1, -0.05) is 103 Å². The predicted octanol–water partition coefficient (Wildman–Crippen LogP) is 0.306. The van der Waals surface area contributed by atoms with Crippen LogP contribution in [-0.2, 0) is 43.6 Å². The highest BCUT2D eigenvalue weighted by molar-refractivity contribution is 7.86. The van der Waals surface area contributed by atoms with Gasteiger partial charge < -0.3 is 64.4 Å². The van der Waals surface area contributed by atoms with E-state index in [2.05, 4.69) is 22.9 Å². The van der Waals surface area contributed by atoms with Crippen LogP contribution in [0.4, 0.5) is 0 Å². The summed E-state index contributed by atoms with van der Waals surface area (Å²) < 4.78 is 117. The number of nitrogens with zero attached hydrogens (tertiary/aromatic N) is 1. The van der Waals surface area contributed by atoms with Crippen LogP contribution in [0.25, 0.3) is 0 Å². The van der Waals surface area contributed by atoms with Crippen LogP contribution in [-0.4, -0.2) is 223 Å². The number of unbranched alkanes of at least 4 members (excludes halogenated alkanes) is 15. The summed E-state index contributed by atoms with van der Waals surface area (Å²) in [5, 5.41) is 70.7. The summed E-state index contributed by atoms with van der Waals surface area (Å²) in [6, 6.07) is -0.0541. The van der Waals surface area contributed by atoms with Crippen LogP contribution in [0.3, 0.4) is 0 Å². The van der Waals surface area contributed by atoms with Crippen molar-refractivity contribution in [3.63, 3.8) is 0 Å². The summed E-state index contributed by atoms with van der Waals surface area (Å²) >= 11 is 0. The van der Waals surface area contributed by atoms with Gasteiger partial charge in [0.05, 0.1) is 101 Å². The number of rotatable bonds is 48. The third-order valence-corrected chi connectivity index (χ3v) is 16.8.